The van der Waals surface area contributed by atoms with Crippen molar-refractivity contribution < 1.29 is 9.18 Å². The van der Waals surface area contributed by atoms with Crippen LogP contribution in [0.4, 0.5) is 10.2 Å². The van der Waals surface area contributed by atoms with Crippen LogP contribution in [-0.4, -0.2) is 17.9 Å². The van der Waals surface area contributed by atoms with E-state index in [9.17, 15) is 9.18 Å². The molecule has 0 radical (unpaired) electrons. The van der Waals surface area contributed by atoms with Crippen LogP contribution < -0.4 is 10.6 Å². The summed E-state index contributed by atoms with van der Waals surface area (Å²) in [6, 6.07) is 7.79. The average Bonchev–Trinajstić information content (AvgIpc) is 2.45. The number of anilines is 1. The number of carbonyl (C=O) groups is 1. The molecule has 20 heavy (non-hydrogen) atoms. The van der Waals surface area contributed by atoms with Gasteiger partial charge in [-0.05, 0) is 39.7 Å². The van der Waals surface area contributed by atoms with Gasteiger partial charge in [-0.25, -0.2) is 9.37 Å². The third kappa shape index (κ3) is 3.54. The molecular formula is C14H13BrFN3O. The van der Waals surface area contributed by atoms with Gasteiger partial charge in [0.1, 0.15) is 11.6 Å². The molecule has 1 amide bonds. The van der Waals surface area contributed by atoms with Crippen LogP contribution in [-0.2, 0) is 6.54 Å². The predicted octanol–water partition coefficient (Wildman–Crippen LogP) is 2.95. The van der Waals surface area contributed by atoms with E-state index in [2.05, 4.69) is 31.5 Å². The Kier molecular flexibility index (Phi) is 4.68. The Labute approximate surface area is 124 Å². The molecule has 104 valence electrons. The Morgan fingerprint density at radius 3 is 2.90 bits per heavy atom. The zero-order chi connectivity index (χ0) is 14.5. The van der Waals surface area contributed by atoms with E-state index in [0.29, 0.717) is 21.4 Å². The van der Waals surface area contributed by atoms with Crippen molar-refractivity contribution in [3.8, 4) is 0 Å². The van der Waals surface area contributed by atoms with Gasteiger partial charge in [-0.15, -0.1) is 0 Å². The number of pyridine rings is 1. The quantitative estimate of drug-likeness (QED) is 0.901. The zero-order valence-electron chi connectivity index (χ0n) is 10.8. The van der Waals surface area contributed by atoms with E-state index in [1.807, 2.05) is 0 Å². The normalized spacial score (nSPS) is 10.2. The summed E-state index contributed by atoms with van der Waals surface area (Å²) in [5.41, 5.74) is 1.13. The molecule has 1 aromatic heterocycles. The summed E-state index contributed by atoms with van der Waals surface area (Å²) in [6.45, 7) is 0.256. The van der Waals surface area contributed by atoms with Gasteiger partial charge in [0.05, 0.1) is 5.56 Å². The highest BCUT2D eigenvalue weighted by atomic mass is 79.9. The molecule has 0 aliphatic carbocycles. The Hall–Kier alpha value is -1.95. The summed E-state index contributed by atoms with van der Waals surface area (Å²) in [7, 11) is 1.69. The number of carbonyl (C=O) groups excluding carboxylic acids is 1. The molecule has 6 heteroatoms. The predicted molar refractivity (Wildman–Crippen MR) is 79.1 cm³/mol. The van der Waals surface area contributed by atoms with Crippen molar-refractivity contribution >= 4 is 27.7 Å². The maximum Gasteiger partial charge on any atom is 0.255 e. The molecule has 2 N–H and O–H groups in total. The van der Waals surface area contributed by atoms with Crippen LogP contribution in [0.15, 0.2) is 41.0 Å². The summed E-state index contributed by atoms with van der Waals surface area (Å²) in [5, 5.41) is 5.60. The lowest BCUT2D eigenvalue weighted by Crippen LogP contribution is -2.24. The molecule has 1 aromatic carbocycles. The van der Waals surface area contributed by atoms with Crippen LogP contribution in [0.25, 0.3) is 0 Å². The number of aromatic nitrogens is 1. The summed E-state index contributed by atoms with van der Waals surface area (Å²) in [4.78, 5) is 16.2. The molecule has 2 rings (SSSR count). The van der Waals surface area contributed by atoms with Crippen molar-refractivity contribution in [2.75, 3.05) is 12.4 Å². The maximum absolute atomic E-state index is 13.0. The van der Waals surface area contributed by atoms with E-state index in [1.165, 1.54) is 12.1 Å². The van der Waals surface area contributed by atoms with Gasteiger partial charge in [0.25, 0.3) is 5.91 Å². The summed E-state index contributed by atoms with van der Waals surface area (Å²) >= 11 is 3.28. The van der Waals surface area contributed by atoms with Gasteiger partial charge >= 0.3 is 0 Å². The Bertz CT molecular complexity index is 634. The maximum atomic E-state index is 13.0. The molecule has 0 aliphatic heterocycles. The highest BCUT2D eigenvalue weighted by Crippen LogP contribution is 2.17. The molecule has 0 saturated heterocycles. The molecule has 1 heterocycles. The first-order valence-electron chi connectivity index (χ1n) is 5.96. The van der Waals surface area contributed by atoms with Crippen molar-refractivity contribution in [2.24, 2.45) is 0 Å². The van der Waals surface area contributed by atoms with Crippen molar-refractivity contribution in [1.29, 1.82) is 0 Å². The lowest BCUT2D eigenvalue weighted by atomic mass is 10.2. The molecule has 0 fully saturated rings. The van der Waals surface area contributed by atoms with E-state index < -0.39 is 0 Å². The van der Waals surface area contributed by atoms with Crippen molar-refractivity contribution in [3.63, 3.8) is 0 Å². The fourth-order valence-corrected chi connectivity index (χ4v) is 2.07. The Morgan fingerprint density at radius 2 is 2.20 bits per heavy atom. The fraction of sp³-hybridized carbons (Fsp3) is 0.143. The number of rotatable bonds is 4. The van der Waals surface area contributed by atoms with Gasteiger partial charge in [-0.1, -0.05) is 12.1 Å². The lowest BCUT2D eigenvalue weighted by molar-refractivity contribution is 0.0951. The average molecular weight is 338 g/mol. The van der Waals surface area contributed by atoms with Crippen LogP contribution in [0.5, 0.6) is 0 Å². The standard InChI is InChI=1S/C14H13BrFN3O/c1-17-13-12(6-10(15)8-18-13)14(20)19-7-9-3-2-4-11(16)5-9/h2-6,8H,7H2,1H3,(H,17,18)(H,19,20). The van der Waals surface area contributed by atoms with Crippen LogP contribution in [0, 0.1) is 5.82 Å². The van der Waals surface area contributed by atoms with Gasteiger partial charge < -0.3 is 10.6 Å². The first kappa shape index (κ1) is 14.5. The van der Waals surface area contributed by atoms with Crippen molar-refractivity contribution in [3.05, 3.63) is 57.9 Å². The molecule has 0 aliphatic rings. The van der Waals surface area contributed by atoms with E-state index in [-0.39, 0.29) is 18.3 Å². The lowest BCUT2D eigenvalue weighted by Gasteiger charge is -2.09. The van der Waals surface area contributed by atoms with E-state index >= 15 is 0 Å². The molecule has 0 bridgehead atoms. The minimum atomic E-state index is -0.322. The smallest absolute Gasteiger partial charge is 0.255 e. The third-order valence-corrected chi connectivity index (χ3v) is 3.11. The topological polar surface area (TPSA) is 54.0 Å². The second-order valence-corrected chi connectivity index (χ2v) is 5.03. The minimum Gasteiger partial charge on any atom is -0.372 e. The molecule has 4 nitrogen and oxygen atoms in total. The monoisotopic (exact) mass is 337 g/mol. The third-order valence-electron chi connectivity index (χ3n) is 2.68. The molecule has 0 unspecified atom stereocenters. The van der Waals surface area contributed by atoms with Gasteiger partial charge in [0.15, 0.2) is 0 Å². The van der Waals surface area contributed by atoms with Crippen molar-refractivity contribution in [2.45, 2.75) is 6.54 Å². The van der Waals surface area contributed by atoms with Gasteiger partial charge in [-0.3, -0.25) is 4.79 Å². The molecule has 2 aromatic rings. The highest BCUT2D eigenvalue weighted by Gasteiger charge is 2.12. The van der Waals surface area contributed by atoms with E-state index in [4.69, 9.17) is 0 Å². The largest absolute Gasteiger partial charge is 0.372 e. The molecule has 0 saturated carbocycles. The van der Waals surface area contributed by atoms with Crippen LogP contribution >= 0.6 is 15.9 Å². The molecule has 0 spiro atoms. The van der Waals surface area contributed by atoms with E-state index in [0.717, 1.165) is 0 Å². The second kappa shape index (κ2) is 6.47. The first-order valence-corrected chi connectivity index (χ1v) is 6.75. The number of amides is 1. The summed E-state index contributed by atoms with van der Waals surface area (Å²) in [5.74, 6) is -0.103. The van der Waals surface area contributed by atoms with Crippen molar-refractivity contribution in [1.82, 2.24) is 10.3 Å². The number of nitrogens with zero attached hydrogens (tertiary/aromatic N) is 1. The summed E-state index contributed by atoms with van der Waals surface area (Å²) < 4.78 is 13.8. The Morgan fingerprint density at radius 1 is 1.40 bits per heavy atom. The highest BCUT2D eigenvalue weighted by molar-refractivity contribution is 9.10. The minimum absolute atomic E-state index is 0.256. The molecular weight excluding hydrogens is 325 g/mol. The number of benzene rings is 1. The zero-order valence-corrected chi connectivity index (χ0v) is 12.4. The molecule has 0 atom stereocenters. The van der Waals surface area contributed by atoms with Gasteiger partial charge in [0.2, 0.25) is 0 Å². The van der Waals surface area contributed by atoms with E-state index in [1.54, 1.807) is 31.4 Å². The van der Waals surface area contributed by atoms with Gasteiger partial charge in [-0.2, -0.15) is 0 Å². The van der Waals surface area contributed by atoms with Crippen LogP contribution in [0.2, 0.25) is 0 Å². The van der Waals surface area contributed by atoms with Crippen LogP contribution in [0.3, 0.4) is 0 Å². The SMILES string of the molecule is CNc1ncc(Br)cc1C(=O)NCc1cccc(F)c1. The number of nitrogens with one attached hydrogen (secondary N) is 2. The summed E-state index contributed by atoms with van der Waals surface area (Å²) in [6.07, 6.45) is 1.61. The first-order chi connectivity index (χ1) is 9.60. The Balaban J connectivity index is 2.10. The van der Waals surface area contributed by atoms with Crippen LogP contribution in [0.1, 0.15) is 15.9 Å². The second-order valence-electron chi connectivity index (χ2n) is 4.11. The number of halogens is 2. The number of hydrogen-bond acceptors (Lipinski definition) is 3. The van der Waals surface area contributed by atoms with Gasteiger partial charge in [0, 0.05) is 24.3 Å². The number of hydrogen-bond donors (Lipinski definition) is 2. The fourth-order valence-electron chi connectivity index (χ4n) is 1.74.